The van der Waals surface area contributed by atoms with Crippen LogP contribution >= 0.6 is 0 Å². The number of hydrogen-bond acceptors (Lipinski definition) is 2. The van der Waals surface area contributed by atoms with Crippen LogP contribution < -0.4 is 20.7 Å². The van der Waals surface area contributed by atoms with Crippen molar-refractivity contribution in [2.75, 3.05) is 12.5 Å². The van der Waals surface area contributed by atoms with E-state index in [1.54, 1.807) is 0 Å². The maximum atomic E-state index is 9.96. The summed E-state index contributed by atoms with van der Waals surface area (Å²) in [6, 6.07) is 37.9. The summed E-state index contributed by atoms with van der Waals surface area (Å²) < 4.78 is 0. The highest BCUT2D eigenvalue weighted by Crippen LogP contribution is 2.17. The van der Waals surface area contributed by atoms with Gasteiger partial charge in [0.05, 0.1) is 0 Å². The molecule has 150 valence electrons. The molecule has 30 heavy (non-hydrogen) atoms. The van der Waals surface area contributed by atoms with Crippen LogP contribution in [0.2, 0.25) is 0 Å². The van der Waals surface area contributed by atoms with Crippen molar-refractivity contribution < 1.29 is 10.2 Å². The zero-order chi connectivity index (χ0) is 20.8. The molecule has 0 bridgehead atoms. The molecule has 0 amide bonds. The first-order valence-electron chi connectivity index (χ1n) is 10.3. The molecule has 4 rings (SSSR count). The van der Waals surface area contributed by atoms with Crippen LogP contribution in [0.1, 0.15) is 0 Å². The molecule has 0 aliphatic heterocycles. The van der Waals surface area contributed by atoms with Crippen LogP contribution in [0.5, 0.6) is 0 Å². The number of benzene rings is 4. The summed E-state index contributed by atoms with van der Waals surface area (Å²) >= 11 is 0. The third-order valence-electron chi connectivity index (χ3n) is 5.73. The van der Waals surface area contributed by atoms with Gasteiger partial charge in [0.2, 0.25) is 0 Å². The molecule has 0 spiro atoms. The maximum absolute atomic E-state index is 9.96. The average Bonchev–Trinajstić information content (AvgIpc) is 2.82. The van der Waals surface area contributed by atoms with Crippen molar-refractivity contribution in [1.82, 2.24) is 0 Å². The Labute approximate surface area is 181 Å². The smallest absolute Gasteiger partial charge is 0.130 e. The fourth-order valence-electron chi connectivity index (χ4n) is 3.99. The summed E-state index contributed by atoms with van der Waals surface area (Å²) in [6.07, 6.45) is 0.454. The van der Waals surface area contributed by atoms with Crippen LogP contribution in [-0.2, 0) is 0 Å². The lowest BCUT2D eigenvalue weighted by Crippen LogP contribution is -2.45. The monoisotopic (exact) mass is 426 g/mol. The Morgan fingerprint density at radius 2 is 0.700 bits per heavy atom. The van der Waals surface area contributed by atoms with E-state index in [1.165, 1.54) is 31.9 Å². The minimum absolute atomic E-state index is 0.227. The van der Waals surface area contributed by atoms with Gasteiger partial charge in [-0.1, -0.05) is 130 Å². The Morgan fingerprint density at radius 3 is 1.00 bits per heavy atom. The Balaban J connectivity index is 1.55. The van der Waals surface area contributed by atoms with Crippen LogP contribution in [0.4, 0.5) is 0 Å². The molecule has 0 aliphatic carbocycles. The minimum atomic E-state index is -1.57. The van der Waals surface area contributed by atoms with Gasteiger partial charge in [-0.15, -0.1) is 0 Å². The van der Waals surface area contributed by atoms with Gasteiger partial charge in [-0.2, -0.15) is 0 Å². The van der Waals surface area contributed by atoms with Gasteiger partial charge in [0.15, 0.2) is 0 Å². The predicted molar refractivity (Wildman–Crippen MR) is 132 cm³/mol. The summed E-state index contributed by atoms with van der Waals surface area (Å²) in [5.41, 5.74) is 2.34. The van der Waals surface area contributed by atoms with Crippen LogP contribution in [-0.4, -0.2) is 40.3 Å². The number of aliphatic hydroxyl groups excluding tert-OH is 2. The second-order valence-electron chi connectivity index (χ2n) is 7.54. The van der Waals surface area contributed by atoms with Gasteiger partial charge in [0, 0.05) is 12.5 Å². The molecule has 4 heteroatoms. The summed E-state index contributed by atoms with van der Waals surface area (Å²) in [7, 11) is -3.14. The van der Waals surface area contributed by atoms with Crippen molar-refractivity contribution in [1.29, 1.82) is 0 Å². The van der Waals surface area contributed by atoms with Crippen molar-refractivity contribution in [2.24, 2.45) is 0 Å². The second kappa shape index (κ2) is 9.82. The molecule has 0 aliphatic rings. The molecule has 4 aromatic rings. The Morgan fingerprint density at radius 1 is 0.400 bits per heavy atom. The van der Waals surface area contributed by atoms with E-state index in [0.29, 0.717) is 0 Å². The fourth-order valence-corrected chi connectivity index (χ4v) is 8.29. The maximum Gasteiger partial charge on any atom is 0.130 e. The van der Waals surface area contributed by atoms with E-state index in [1.807, 2.05) is 36.4 Å². The van der Waals surface area contributed by atoms with Crippen molar-refractivity contribution >= 4 is 38.3 Å². The molecule has 0 aromatic heterocycles. The van der Waals surface area contributed by atoms with E-state index in [-0.39, 0.29) is 12.5 Å². The first-order valence-corrected chi connectivity index (χ1v) is 14.3. The van der Waals surface area contributed by atoms with Crippen molar-refractivity contribution in [3.05, 3.63) is 109 Å². The summed E-state index contributed by atoms with van der Waals surface area (Å²) in [5, 5.41) is 25.0. The molecule has 0 saturated heterocycles. The van der Waals surface area contributed by atoms with Crippen LogP contribution in [0.3, 0.4) is 0 Å². The first kappa shape index (κ1) is 20.5. The standard InChI is InChI=1S/C26H26O2Si2/c27-19-29(23-7-3-1-4-8-23)25-15-11-21(12-16-25)22-13-17-26(18-14-22)30(20-28)24-9-5-2-6-10-24/h1-18,27-30H,19-20H2. The molecular weight excluding hydrogens is 400 g/mol. The van der Waals surface area contributed by atoms with Gasteiger partial charge in [-0.3, -0.25) is 0 Å². The van der Waals surface area contributed by atoms with Crippen molar-refractivity contribution in [2.45, 2.75) is 0 Å². The lowest BCUT2D eigenvalue weighted by atomic mass is 10.1. The molecule has 2 unspecified atom stereocenters. The van der Waals surface area contributed by atoms with Gasteiger partial charge in [0.1, 0.15) is 17.6 Å². The highest BCUT2D eigenvalue weighted by Gasteiger charge is 2.16. The predicted octanol–water partition coefficient (Wildman–Crippen LogP) is 1.10. The summed E-state index contributed by atoms with van der Waals surface area (Å²) in [6.45, 7) is 0. The average molecular weight is 427 g/mol. The van der Waals surface area contributed by atoms with Gasteiger partial charge >= 0.3 is 0 Å². The Kier molecular flexibility index (Phi) is 6.71. The number of hydrogen-bond donors (Lipinski definition) is 2. The third kappa shape index (κ3) is 4.52. The summed E-state index contributed by atoms with van der Waals surface area (Å²) in [4.78, 5) is 0. The lowest BCUT2D eigenvalue weighted by molar-refractivity contribution is 0.365. The number of aliphatic hydroxyl groups is 2. The van der Waals surface area contributed by atoms with Crippen molar-refractivity contribution in [3.8, 4) is 11.1 Å². The molecule has 4 aromatic carbocycles. The topological polar surface area (TPSA) is 40.5 Å². The normalized spacial score (nSPS) is 13.0. The van der Waals surface area contributed by atoms with E-state index in [0.717, 1.165) is 0 Å². The molecule has 0 saturated carbocycles. The largest absolute Gasteiger partial charge is 0.399 e. The highest BCUT2D eigenvalue weighted by atomic mass is 28.3. The molecule has 2 atom stereocenters. The van der Waals surface area contributed by atoms with Crippen LogP contribution in [0.25, 0.3) is 11.1 Å². The van der Waals surface area contributed by atoms with E-state index in [4.69, 9.17) is 0 Å². The van der Waals surface area contributed by atoms with Crippen LogP contribution in [0.15, 0.2) is 109 Å². The fraction of sp³-hybridized carbons (Fsp3) is 0.0769. The Hall–Kier alpha value is -2.77. The molecule has 0 heterocycles. The van der Waals surface area contributed by atoms with E-state index >= 15 is 0 Å². The zero-order valence-electron chi connectivity index (χ0n) is 16.9. The molecule has 0 fully saturated rings. The third-order valence-corrected chi connectivity index (χ3v) is 11.2. The quantitative estimate of drug-likeness (QED) is 0.435. The lowest BCUT2D eigenvalue weighted by Gasteiger charge is -2.15. The van der Waals surface area contributed by atoms with Gasteiger partial charge < -0.3 is 10.2 Å². The van der Waals surface area contributed by atoms with Gasteiger partial charge in [-0.25, -0.2) is 0 Å². The van der Waals surface area contributed by atoms with Gasteiger partial charge in [0.25, 0.3) is 0 Å². The summed E-state index contributed by atoms with van der Waals surface area (Å²) in [5.74, 6) is 0. The molecular formula is C26H26O2Si2. The Bertz CT molecular complexity index is 961. The van der Waals surface area contributed by atoms with E-state index < -0.39 is 17.6 Å². The second-order valence-corrected chi connectivity index (χ2v) is 13.1. The molecule has 0 radical (unpaired) electrons. The highest BCUT2D eigenvalue weighted by molar-refractivity contribution is 6.85. The zero-order valence-corrected chi connectivity index (χ0v) is 19.2. The first-order chi connectivity index (χ1) is 14.8. The number of rotatable bonds is 7. The van der Waals surface area contributed by atoms with Crippen LogP contribution in [0, 0.1) is 0 Å². The molecule has 2 N–H and O–H groups in total. The van der Waals surface area contributed by atoms with E-state index in [2.05, 4.69) is 72.8 Å². The van der Waals surface area contributed by atoms with E-state index in [9.17, 15) is 10.2 Å². The molecule has 2 nitrogen and oxygen atoms in total. The van der Waals surface area contributed by atoms with Crippen molar-refractivity contribution in [3.63, 3.8) is 0 Å². The SMILES string of the molecule is OC[SiH](c1ccccc1)c1ccc(-c2ccc([SiH](CO)c3ccccc3)cc2)cc1. The van der Waals surface area contributed by atoms with Gasteiger partial charge in [-0.05, 0) is 11.1 Å². The minimum Gasteiger partial charge on any atom is -0.399 e.